The van der Waals surface area contributed by atoms with Gasteiger partial charge in [0.2, 0.25) is 0 Å². The minimum absolute atomic E-state index is 0.0866. The lowest BCUT2D eigenvalue weighted by Crippen LogP contribution is -2.01. The predicted octanol–water partition coefficient (Wildman–Crippen LogP) is 5.10. The summed E-state index contributed by atoms with van der Waals surface area (Å²) in [7, 11) is -4.10. The third-order valence-corrected chi connectivity index (χ3v) is 4.75. The van der Waals surface area contributed by atoms with Crippen molar-refractivity contribution in [1.29, 1.82) is 0 Å². The smallest absolute Gasteiger partial charge is 0.303 e. The molecule has 0 radical (unpaired) electrons. The molecule has 0 unspecified atom stereocenters. The Balaban J connectivity index is 3.92. The van der Waals surface area contributed by atoms with Crippen LogP contribution in [0.2, 0.25) is 0 Å². The molecule has 0 saturated carbocycles. The summed E-state index contributed by atoms with van der Waals surface area (Å²) < 4.78 is 31.9. The first-order chi connectivity index (χ1) is 11.4. The van der Waals surface area contributed by atoms with Crippen molar-refractivity contribution < 1.29 is 22.9 Å². The third-order valence-electron chi connectivity index (χ3n) is 3.76. The molecule has 0 aliphatic heterocycles. The average molecular weight is 361 g/mol. The van der Waals surface area contributed by atoms with Crippen LogP contribution in [0.4, 0.5) is 0 Å². The highest BCUT2D eigenvalue weighted by Crippen LogP contribution is 2.14. The molecule has 6 heteroatoms. The standard InChI is InChI=1S/C18H32O5S/c1-2-3-4-11-14-17(24(21,22)23)15-12-9-7-5-6-8-10-13-16-18(19)20/h9,12,14H,2-8,10-11,13,15-16H2,1H3,(H,19,20)(H,21,22,23)/b12-9-,17-14-. The number of carbonyl (C=O) groups is 1. The number of hydrogen-bond acceptors (Lipinski definition) is 3. The summed E-state index contributed by atoms with van der Waals surface area (Å²) in [4.78, 5) is 10.4. The van der Waals surface area contributed by atoms with Crippen LogP contribution in [0.1, 0.15) is 84.0 Å². The van der Waals surface area contributed by atoms with Gasteiger partial charge in [0.15, 0.2) is 0 Å². The van der Waals surface area contributed by atoms with Crippen LogP contribution in [0.3, 0.4) is 0 Å². The summed E-state index contributed by atoms with van der Waals surface area (Å²) in [5.74, 6) is -0.740. The first-order valence-electron chi connectivity index (χ1n) is 8.91. The zero-order chi connectivity index (χ0) is 18.3. The SMILES string of the molecule is CCCCC/C=C(/C/C=C\CCCCCCCC(=O)O)S(=O)(=O)O. The van der Waals surface area contributed by atoms with Crippen molar-refractivity contribution in [3.63, 3.8) is 0 Å². The van der Waals surface area contributed by atoms with E-state index in [1.54, 1.807) is 12.2 Å². The first-order valence-corrected chi connectivity index (χ1v) is 10.3. The molecule has 0 amide bonds. The molecule has 24 heavy (non-hydrogen) atoms. The summed E-state index contributed by atoms with van der Waals surface area (Å²) in [6.07, 6.45) is 15.2. The lowest BCUT2D eigenvalue weighted by atomic mass is 10.1. The number of carboxylic acids is 1. The maximum absolute atomic E-state index is 11.3. The van der Waals surface area contributed by atoms with Crippen LogP contribution < -0.4 is 0 Å². The van der Waals surface area contributed by atoms with Gasteiger partial charge in [-0.3, -0.25) is 9.35 Å². The van der Waals surface area contributed by atoms with Crippen molar-refractivity contribution in [1.82, 2.24) is 0 Å². The molecule has 0 spiro atoms. The Kier molecular flexibility index (Phi) is 13.5. The molecule has 0 aromatic carbocycles. The van der Waals surface area contributed by atoms with Crippen molar-refractivity contribution in [2.75, 3.05) is 0 Å². The summed E-state index contributed by atoms with van der Waals surface area (Å²) in [5, 5.41) is 8.52. The number of rotatable bonds is 15. The molecule has 0 bridgehead atoms. The number of aliphatic carboxylic acids is 1. The van der Waals surface area contributed by atoms with Gasteiger partial charge in [-0.15, -0.1) is 0 Å². The van der Waals surface area contributed by atoms with Crippen LogP contribution in [-0.2, 0) is 14.9 Å². The summed E-state index contributed by atoms with van der Waals surface area (Å²) >= 11 is 0. The maximum Gasteiger partial charge on any atom is 0.303 e. The van der Waals surface area contributed by atoms with Crippen molar-refractivity contribution in [2.24, 2.45) is 0 Å². The van der Waals surface area contributed by atoms with E-state index in [1.807, 2.05) is 6.08 Å². The fourth-order valence-electron chi connectivity index (χ4n) is 2.34. The van der Waals surface area contributed by atoms with Crippen molar-refractivity contribution >= 4 is 16.1 Å². The highest BCUT2D eigenvalue weighted by Gasteiger charge is 2.11. The second-order valence-corrected chi connectivity index (χ2v) is 7.49. The molecule has 0 heterocycles. The van der Waals surface area contributed by atoms with Gasteiger partial charge in [0.05, 0.1) is 4.91 Å². The Morgan fingerprint density at radius 2 is 1.54 bits per heavy atom. The van der Waals surface area contributed by atoms with E-state index in [0.717, 1.165) is 57.8 Å². The van der Waals surface area contributed by atoms with Crippen molar-refractivity contribution in [2.45, 2.75) is 84.0 Å². The van der Waals surface area contributed by atoms with Gasteiger partial charge < -0.3 is 5.11 Å². The summed E-state index contributed by atoms with van der Waals surface area (Å²) in [6.45, 7) is 2.09. The highest BCUT2D eigenvalue weighted by atomic mass is 32.2. The molecule has 0 atom stereocenters. The molecule has 0 aliphatic carbocycles. The molecule has 0 fully saturated rings. The lowest BCUT2D eigenvalue weighted by Gasteiger charge is -2.01. The highest BCUT2D eigenvalue weighted by molar-refractivity contribution is 7.89. The van der Waals surface area contributed by atoms with E-state index in [9.17, 15) is 17.8 Å². The maximum atomic E-state index is 11.3. The minimum atomic E-state index is -4.10. The quantitative estimate of drug-likeness (QED) is 0.241. The fraction of sp³-hybridized carbons (Fsp3) is 0.722. The van der Waals surface area contributed by atoms with Gasteiger partial charge in [0, 0.05) is 12.8 Å². The minimum Gasteiger partial charge on any atom is -0.481 e. The third kappa shape index (κ3) is 14.5. The van der Waals surface area contributed by atoms with Gasteiger partial charge >= 0.3 is 5.97 Å². The molecule has 0 aromatic heterocycles. The molecule has 140 valence electrons. The largest absolute Gasteiger partial charge is 0.481 e. The van der Waals surface area contributed by atoms with Crippen LogP contribution in [0.15, 0.2) is 23.1 Å². The molecular weight excluding hydrogens is 328 g/mol. The molecule has 5 nitrogen and oxygen atoms in total. The summed E-state index contributed by atoms with van der Waals surface area (Å²) in [5.41, 5.74) is 0. The zero-order valence-corrected chi connectivity index (χ0v) is 15.6. The Labute approximate surface area is 146 Å². The van der Waals surface area contributed by atoms with E-state index >= 15 is 0 Å². The van der Waals surface area contributed by atoms with Crippen LogP contribution >= 0.6 is 0 Å². The van der Waals surface area contributed by atoms with E-state index < -0.39 is 16.1 Å². The van der Waals surface area contributed by atoms with Crippen molar-refractivity contribution in [3.8, 4) is 0 Å². The van der Waals surface area contributed by atoms with Crippen LogP contribution in [0.25, 0.3) is 0 Å². The van der Waals surface area contributed by atoms with Gasteiger partial charge in [0.1, 0.15) is 0 Å². The van der Waals surface area contributed by atoms with Gasteiger partial charge in [-0.25, -0.2) is 0 Å². The van der Waals surface area contributed by atoms with Crippen LogP contribution in [0.5, 0.6) is 0 Å². The van der Waals surface area contributed by atoms with E-state index in [-0.39, 0.29) is 17.7 Å². The van der Waals surface area contributed by atoms with Crippen LogP contribution in [-0.4, -0.2) is 24.0 Å². The first kappa shape index (κ1) is 22.9. The monoisotopic (exact) mass is 360 g/mol. The number of carboxylic acid groups (broad SMARTS) is 1. The fourth-order valence-corrected chi connectivity index (χ4v) is 2.97. The molecule has 0 aliphatic rings. The Bertz CT molecular complexity index is 492. The van der Waals surface area contributed by atoms with Gasteiger partial charge in [-0.1, -0.05) is 57.3 Å². The number of unbranched alkanes of at least 4 members (excludes halogenated alkanes) is 8. The molecule has 0 rings (SSSR count). The van der Waals surface area contributed by atoms with Crippen molar-refractivity contribution in [3.05, 3.63) is 23.1 Å². The Morgan fingerprint density at radius 1 is 0.917 bits per heavy atom. The van der Waals surface area contributed by atoms with E-state index in [4.69, 9.17) is 5.11 Å². The Morgan fingerprint density at radius 3 is 2.17 bits per heavy atom. The van der Waals surface area contributed by atoms with Gasteiger partial charge in [-0.2, -0.15) is 8.42 Å². The van der Waals surface area contributed by atoms with Gasteiger partial charge in [0.25, 0.3) is 10.1 Å². The number of allylic oxidation sites excluding steroid dienone is 4. The normalized spacial score (nSPS) is 12.8. The lowest BCUT2D eigenvalue weighted by molar-refractivity contribution is -0.137. The second kappa shape index (κ2) is 14.2. The van der Waals surface area contributed by atoms with E-state index in [0.29, 0.717) is 6.42 Å². The molecule has 2 N–H and O–H groups in total. The molecular formula is C18H32O5S. The average Bonchev–Trinajstić information content (AvgIpc) is 2.49. The predicted molar refractivity (Wildman–Crippen MR) is 97.5 cm³/mol. The molecule has 0 aromatic rings. The topological polar surface area (TPSA) is 91.7 Å². The number of hydrogen-bond donors (Lipinski definition) is 2. The molecule has 0 saturated heterocycles. The van der Waals surface area contributed by atoms with E-state index in [1.165, 1.54) is 0 Å². The second-order valence-electron chi connectivity index (χ2n) is 6.02. The van der Waals surface area contributed by atoms with Gasteiger partial charge in [-0.05, 0) is 32.1 Å². The van der Waals surface area contributed by atoms with E-state index in [2.05, 4.69) is 6.92 Å². The summed E-state index contributed by atoms with van der Waals surface area (Å²) in [6, 6.07) is 0. The Hall–Kier alpha value is -1.14. The zero-order valence-electron chi connectivity index (χ0n) is 14.7. The van der Waals surface area contributed by atoms with Crippen LogP contribution in [0, 0.1) is 0 Å².